The predicted molar refractivity (Wildman–Crippen MR) is 105 cm³/mol. The maximum Gasteiger partial charge on any atom is 0.262 e. The van der Waals surface area contributed by atoms with Gasteiger partial charge < -0.3 is 15.8 Å². The molecule has 3 amide bonds. The summed E-state index contributed by atoms with van der Waals surface area (Å²) in [6, 6.07) is 13.9. The Hall–Kier alpha value is -3.19. The molecule has 7 heteroatoms. The normalized spacial score (nSPS) is 14.1. The van der Waals surface area contributed by atoms with E-state index in [1.165, 1.54) is 0 Å². The van der Waals surface area contributed by atoms with Crippen molar-refractivity contribution in [3.8, 4) is 0 Å². The third-order valence-electron chi connectivity index (χ3n) is 4.72. The molecule has 1 heterocycles. The number of carbonyl (C=O) groups excluding carboxylic acids is 3. The zero-order valence-corrected chi connectivity index (χ0v) is 15.7. The molecule has 1 unspecified atom stereocenters. The van der Waals surface area contributed by atoms with E-state index in [2.05, 4.69) is 5.32 Å². The van der Waals surface area contributed by atoms with Crippen LogP contribution in [0.2, 0.25) is 0 Å². The van der Waals surface area contributed by atoms with E-state index in [0.29, 0.717) is 19.6 Å². The molecule has 1 aliphatic heterocycles. The zero-order chi connectivity index (χ0) is 20.1. The van der Waals surface area contributed by atoms with Crippen LogP contribution in [0, 0.1) is 0 Å². The third-order valence-corrected chi connectivity index (χ3v) is 4.72. The maximum atomic E-state index is 12.9. The highest BCUT2D eigenvalue weighted by molar-refractivity contribution is 6.23. The first-order valence-corrected chi connectivity index (χ1v) is 9.11. The summed E-state index contributed by atoms with van der Waals surface area (Å²) < 4.78 is 4.98. The van der Waals surface area contributed by atoms with E-state index in [1.807, 2.05) is 30.3 Å². The summed E-state index contributed by atoms with van der Waals surface area (Å²) in [7, 11) is 1.55. The van der Waals surface area contributed by atoms with Crippen molar-refractivity contribution in [2.24, 2.45) is 5.73 Å². The first kappa shape index (κ1) is 19.6. The van der Waals surface area contributed by atoms with E-state index in [0.717, 1.165) is 16.2 Å². The summed E-state index contributed by atoms with van der Waals surface area (Å²) in [6.07, 6.45) is 0.787. The lowest BCUT2D eigenvalue weighted by Crippen LogP contribution is -2.47. The minimum atomic E-state index is -0.983. The van der Waals surface area contributed by atoms with Crippen LogP contribution in [0.1, 0.15) is 39.1 Å². The van der Waals surface area contributed by atoms with Gasteiger partial charge >= 0.3 is 0 Å². The summed E-state index contributed by atoms with van der Waals surface area (Å²) >= 11 is 0. The average Bonchev–Trinajstić information content (AvgIpc) is 2.94. The summed E-state index contributed by atoms with van der Waals surface area (Å²) in [5.74, 6) is -1.69. The molecule has 1 aliphatic rings. The average molecular weight is 381 g/mol. The molecule has 0 fully saturated rings. The van der Waals surface area contributed by atoms with Gasteiger partial charge in [0.2, 0.25) is 5.91 Å². The van der Waals surface area contributed by atoms with Gasteiger partial charge in [-0.25, -0.2) is 0 Å². The van der Waals surface area contributed by atoms with Crippen molar-refractivity contribution in [1.29, 1.82) is 0 Å². The van der Waals surface area contributed by atoms with Gasteiger partial charge in [0.15, 0.2) is 0 Å². The van der Waals surface area contributed by atoms with Crippen molar-refractivity contribution in [2.45, 2.75) is 25.4 Å². The molecule has 28 heavy (non-hydrogen) atoms. The molecule has 3 N–H and O–H groups in total. The Morgan fingerprint density at radius 2 is 1.82 bits per heavy atom. The Balaban J connectivity index is 1.77. The highest BCUT2D eigenvalue weighted by atomic mass is 16.5. The molecule has 0 radical (unpaired) electrons. The van der Waals surface area contributed by atoms with E-state index in [9.17, 15) is 14.4 Å². The van der Waals surface area contributed by atoms with Crippen LogP contribution in [0.5, 0.6) is 0 Å². The van der Waals surface area contributed by atoms with Crippen LogP contribution in [0.3, 0.4) is 0 Å². The van der Waals surface area contributed by atoms with Gasteiger partial charge in [-0.15, -0.1) is 0 Å². The Labute approximate surface area is 163 Å². The number of rotatable bonds is 9. The molecule has 0 spiro atoms. The molecule has 7 nitrogen and oxygen atoms in total. The summed E-state index contributed by atoms with van der Waals surface area (Å²) in [5, 5.41) is 3.24. The standard InChI is InChI=1S/C21H23N3O4/c1-28-11-5-8-18(19(22)25)24-20(26)16-10-9-15(12-17(16)21(24)27)23-13-14-6-3-2-4-7-14/h2-4,6-7,9-10,12,18,23H,5,8,11,13H2,1H3,(H2,22,25). The van der Waals surface area contributed by atoms with Crippen LogP contribution < -0.4 is 11.1 Å². The number of hydrogen-bond donors (Lipinski definition) is 2. The monoisotopic (exact) mass is 381 g/mol. The first-order valence-electron chi connectivity index (χ1n) is 9.11. The minimum Gasteiger partial charge on any atom is -0.385 e. The topological polar surface area (TPSA) is 102 Å². The number of fused-ring (bicyclic) bond motifs is 1. The van der Waals surface area contributed by atoms with Gasteiger partial charge in [-0.2, -0.15) is 0 Å². The summed E-state index contributed by atoms with van der Waals surface area (Å²) in [6.45, 7) is 1.01. The Kier molecular flexibility index (Phi) is 6.06. The molecule has 2 aromatic rings. The molecule has 2 aromatic carbocycles. The lowest BCUT2D eigenvalue weighted by Gasteiger charge is -2.23. The van der Waals surface area contributed by atoms with Crippen LogP contribution in [0.25, 0.3) is 0 Å². The van der Waals surface area contributed by atoms with Gasteiger partial charge in [-0.05, 0) is 36.6 Å². The number of anilines is 1. The third kappa shape index (κ3) is 4.04. The van der Waals surface area contributed by atoms with Crippen molar-refractivity contribution in [1.82, 2.24) is 4.90 Å². The lowest BCUT2D eigenvalue weighted by atomic mass is 10.1. The van der Waals surface area contributed by atoms with Crippen LogP contribution in [0.4, 0.5) is 5.69 Å². The maximum absolute atomic E-state index is 12.9. The minimum absolute atomic E-state index is 0.272. The molecule has 146 valence electrons. The molecule has 0 saturated carbocycles. The molecule has 1 atom stereocenters. The van der Waals surface area contributed by atoms with Crippen LogP contribution in [-0.4, -0.2) is 42.4 Å². The van der Waals surface area contributed by atoms with E-state index in [1.54, 1.807) is 25.3 Å². The molecular formula is C21H23N3O4. The Morgan fingerprint density at radius 3 is 2.50 bits per heavy atom. The van der Waals surface area contributed by atoms with Crippen molar-refractivity contribution >= 4 is 23.4 Å². The van der Waals surface area contributed by atoms with Gasteiger partial charge in [-0.1, -0.05) is 30.3 Å². The number of nitrogens with one attached hydrogen (secondary N) is 1. The number of imide groups is 1. The first-order chi connectivity index (χ1) is 13.5. The summed E-state index contributed by atoms with van der Waals surface area (Å²) in [5.41, 5.74) is 7.85. The molecule has 0 aliphatic carbocycles. The van der Waals surface area contributed by atoms with Crippen molar-refractivity contribution in [3.05, 3.63) is 65.2 Å². The predicted octanol–water partition coefficient (Wildman–Crippen LogP) is 2.18. The van der Waals surface area contributed by atoms with Crippen molar-refractivity contribution in [3.63, 3.8) is 0 Å². The van der Waals surface area contributed by atoms with Crippen molar-refractivity contribution < 1.29 is 19.1 Å². The lowest BCUT2D eigenvalue weighted by molar-refractivity contribution is -0.122. The second-order valence-electron chi connectivity index (χ2n) is 6.63. The number of carbonyl (C=O) groups is 3. The van der Waals surface area contributed by atoms with E-state index >= 15 is 0 Å². The fraction of sp³-hybridized carbons (Fsp3) is 0.286. The highest BCUT2D eigenvalue weighted by Crippen LogP contribution is 2.28. The number of nitrogens with zero attached hydrogens (tertiary/aromatic N) is 1. The Morgan fingerprint density at radius 1 is 1.11 bits per heavy atom. The second-order valence-corrected chi connectivity index (χ2v) is 6.63. The largest absolute Gasteiger partial charge is 0.385 e. The summed E-state index contributed by atoms with van der Waals surface area (Å²) in [4.78, 5) is 38.4. The number of hydrogen-bond acceptors (Lipinski definition) is 5. The molecular weight excluding hydrogens is 358 g/mol. The van der Waals surface area contributed by atoms with E-state index < -0.39 is 23.8 Å². The number of benzene rings is 2. The van der Waals surface area contributed by atoms with Gasteiger partial charge in [0.25, 0.3) is 11.8 Å². The number of amides is 3. The second kappa shape index (κ2) is 8.67. The smallest absolute Gasteiger partial charge is 0.262 e. The van der Waals surface area contributed by atoms with Crippen LogP contribution in [-0.2, 0) is 16.1 Å². The van der Waals surface area contributed by atoms with Crippen LogP contribution >= 0.6 is 0 Å². The number of ether oxygens (including phenoxy) is 1. The van der Waals surface area contributed by atoms with Gasteiger partial charge in [-0.3, -0.25) is 19.3 Å². The fourth-order valence-corrected chi connectivity index (χ4v) is 3.27. The SMILES string of the molecule is COCCCC(C(N)=O)N1C(=O)c2ccc(NCc3ccccc3)cc2C1=O. The van der Waals surface area contributed by atoms with Crippen molar-refractivity contribution in [2.75, 3.05) is 19.0 Å². The molecule has 0 aromatic heterocycles. The number of methoxy groups -OCH3 is 1. The van der Waals surface area contributed by atoms with Gasteiger partial charge in [0.1, 0.15) is 6.04 Å². The zero-order valence-electron chi connectivity index (χ0n) is 15.7. The number of nitrogens with two attached hydrogens (primary N) is 1. The quantitative estimate of drug-likeness (QED) is 0.512. The van der Waals surface area contributed by atoms with Crippen LogP contribution in [0.15, 0.2) is 48.5 Å². The number of primary amides is 1. The van der Waals surface area contributed by atoms with E-state index in [4.69, 9.17) is 10.5 Å². The van der Waals surface area contributed by atoms with Gasteiger partial charge in [0, 0.05) is 25.9 Å². The molecule has 3 rings (SSSR count). The highest BCUT2D eigenvalue weighted by Gasteiger charge is 2.42. The molecule has 0 bridgehead atoms. The fourth-order valence-electron chi connectivity index (χ4n) is 3.27. The van der Waals surface area contributed by atoms with Gasteiger partial charge in [0.05, 0.1) is 11.1 Å². The Bertz CT molecular complexity index is 882. The van der Waals surface area contributed by atoms with E-state index in [-0.39, 0.29) is 17.5 Å². The molecule has 0 saturated heterocycles.